The Bertz CT molecular complexity index is 745. The average molecular weight is 356 g/mol. The first-order chi connectivity index (χ1) is 12.5. The van der Waals surface area contributed by atoms with Crippen molar-refractivity contribution < 1.29 is 14.3 Å². The van der Waals surface area contributed by atoms with Crippen LogP contribution in [0.25, 0.3) is 0 Å². The molecule has 0 spiro atoms. The van der Waals surface area contributed by atoms with Crippen LogP contribution in [0, 0.1) is 0 Å². The molecule has 1 aliphatic heterocycles. The Morgan fingerprint density at radius 3 is 2.65 bits per heavy atom. The largest absolute Gasteiger partial charge is 0.484 e. The summed E-state index contributed by atoms with van der Waals surface area (Å²) < 4.78 is 7.27. The highest BCUT2D eigenvalue weighted by Crippen LogP contribution is 2.30. The SMILES string of the molecule is CN(C)C(=O)C1(n2cccn2)CCCN(C(=O)COc2ccccc2)C1. The molecule has 2 amide bonds. The van der Waals surface area contributed by atoms with Gasteiger partial charge in [-0.05, 0) is 31.0 Å². The molecule has 0 N–H and O–H groups in total. The van der Waals surface area contributed by atoms with Gasteiger partial charge in [0.05, 0.1) is 6.54 Å². The first-order valence-electron chi connectivity index (χ1n) is 8.70. The van der Waals surface area contributed by atoms with Crippen molar-refractivity contribution in [2.24, 2.45) is 0 Å². The Labute approximate surface area is 153 Å². The van der Waals surface area contributed by atoms with Crippen LogP contribution in [-0.2, 0) is 15.1 Å². The zero-order valence-electron chi connectivity index (χ0n) is 15.2. The normalized spacial score (nSPS) is 19.8. The van der Waals surface area contributed by atoms with Gasteiger partial charge in [0.1, 0.15) is 5.75 Å². The van der Waals surface area contributed by atoms with E-state index in [1.165, 1.54) is 0 Å². The van der Waals surface area contributed by atoms with Crippen molar-refractivity contribution in [3.63, 3.8) is 0 Å². The minimum Gasteiger partial charge on any atom is -0.484 e. The summed E-state index contributed by atoms with van der Waals surface area (Å²) in [6.45, 7) is 0.860. The van der Waals surface area contributed by atoms with E-state index in [0.29, 0.717) is 25.3 Å². The van der Waals surface area contributed by atoms with Gasteiger partial charge in [0.2, 0.25) is 0 Å². The summed E-state index contributed by atoms with van der Waals surface area (Å²) in [6.07, 6.45) is 4.82. The predicted molar refractivity (Wildman–Crippen MR) is 96.6 cm³/mol. The van der Waals surface area contributed by atoms with Gasteiger partial charge in [0.15, 0.2) is 12.1 Å². The minimum atomic E-state index is -0.867. The Hall–Kier alpha value is -2.83. The van der Waals surface area contributed by atoms with E-state index < -0.39 is 5.54 Å². The number of carbonyl (C=O) groups excluding carboxylic acids is 2. The topological polar surface area (TPSA) is 67.7 Å². The summed E-state index contributed by atoms with van der Waals surface area (Å²) in [6, 6.07) is 11.0. The number of likely N-dealkylation sites (N-methyl/N-ethyl adjacent to an activating group) is 1. The van der Waals surface area contributed by atoms with Crippen LogP contribution < -0.4 is 4.74 Å². The van der Waals surface area contributed by atoms with Gasteiger partial charge in [-0.1, -0.05) is 18.2 Å². The molecule has 0 saturated carbocycles. The van der Waals surface area contributed by atoms with Gasteiger partial charge < -0.3 is 14.5 Å². The Kier molecular flexibility index (Phi) is 5.25. The highest BCUT2D eigenvalue weighted by Gasteiger charge is 2.46. The van der Waals surface area contributed by atoms with Crippen LogP contribution in [0.1, 0.15) is 12.8 Å². The third kappa shape index (κ3) is 3.56. The maximum atomic E-state index is 13.0. The number of carbonyl (C=O) groups is 2. The molecule has 0 aliphatic carbocycles. The van der Waals surface area contributed by atoms with E-state index in [0.717, 1.165) is 6.42 Å². The molecule has 0 radical (unpaired) electrons. The van der Waals surface area contributed by atoms with Gasteiger partial charge >= 0.3 is 0 Å². The molecule has 1 aliphatic rings. The number of rotatable bonds is 5. The molecular formula is C19H24N4O3. The number of hydrogen-bond acceptors (Lipinski definition) is 4. The van der Waals surface area contributed by atoms with Gasteiger partial charge in [0.25, 0.3) is 11.8 Å². The Morgan fingerprint density at radius 2 is 2.00 bits per heavy atom. The average Bonchev–Trinajstić information content (AvgIpc) is 3.21. The summed E-state index contributed by atoms with van der Waals surface area (Å²) in [4.78, 5) is 28.9. The molecule has 2 aromatic rings. The lowest BCUT2D eigenvalue weighted by molar-refractivity contribution is -0.147. The Morgan fingerprint density at radius 1 is 1.23 bits per heavy atom. The molecule has 1 aromatic carbocycles. The first-order valence-corrected chi connectivity index (χ1v) is 8.70. The van der Waals surface area contributed by atoms with Crippen LogP contribution in [0.15, 0.2) is 48.8 Å². The van der Waals surface area contributed by atoms with Gasteiger partial charge in [-0.3, -0.25) is 14.3 Å². The van der Waals surface area contributed by atoms with E-state index in [-0.39, 0.29) is 18.4 Å². The zero-order chi connectivity index (χ0) is 18.6. The smallest absolute Gasteiger partial charge is 0.260 e. The molecule has 1 aromatic heterocycles. The Balaban J connectivity index is 1.75. The van der Waals surface area contributed by atoms with Gasteiger partial charge in [-0.25, -0.2) is 0 Å². The van der Waals surface area contributed by atoms with Gasteiger partial charge in [0, 0.05) is 33.0 Å². The monoisotopic (exact) mass is 356 g/mol. The number of aromatic nitrogens is 2. The van der Waals surface area contributed by atoms with Crippen LogP contribution in [0.4, 0.5) is 0 Å². The fourth-order valence-electron chi connectivity index (χ4n) is 3.40. The fraction of sp³-hybridized carbons (Fsp3) is 0.421. The molecule has 1 fully saturated rings. The summed E-state index contributed by atoms with van der Waals surface area (Å²) in [5, 5.41) is 4.30. The maximum absolute atomic E-state index is 13.0. The summed E-state index contributed by atoms with van der Waals surface area (Å²) >= 11 is 0. The van der Waals surface area contributed by atoms with Crippen molar-refractivity contribution >= 4 is 11.8 Å². The van der Waals surface area contributed by atoms with Crippen molar-refractivity contribution in [3.8, 4) is 5.75 Å². The molecular weight excluding hydrogens is 332 g/mol. The number of likely N-dealkylation sites (tertiary alicyclic amines) is 1. The van der Waals surface area contributed by atoms with Crippen LogP contribution >= 0.6 is 0 Å². The molecule has 138 valence electrons. The third-order valence-corrected chi connectivity index (χ3v) is 4.68. The summed E-state index contributed by atoms with van der Waals surface area (Å²) in [5.41, 5.74) is -0.867. The second kappa shape index (κ2) is 7.59. The predicted octanol–water partition coefficient (Wildman–Crippen LogP) is 1.37. The summed E-state index contributed by atoms with van der Waals surface area (Å²) in [5.74, 6) is 0.472. The van der Waals surface area contributed by atoms with Crippen LogP contribution in [0.5, 0.6) is 5.75 Å². The van der Waals surface area contributed by atoms with Gasteiger partial charge in [-0.15, -0.1) is 0 Å². The van der Waals surface area contributed by atoms with Crippen LogP contribution in [0.3, 0.4) is 0 Å². The quantitative estimate of drug-likeness (QED) is 0.811. The highest BCUT2D eigenvalue weighted by atomic mass is 16.5. The molecule has 7 heteroatoms. The van der Waals surface area contributed by atoms with Crippen LogP contribution in [0.2, 0.25) is 0 Å². The molecule has 7 nitrogen and oxygen atoms in total. The standard InChI is InChI=1S/C19H24N4O3/c1-21(2)18(25)19(23-13-7-11-20-23)10-6-12-22(15-19)17(24)14-26-16-8-4-3-5-9-16/h3-5,7-9,11,13H,6,10,12,14-15H2,1-2H3. The van der Waals surface area contributed by atoms with Crippen molar-refractivity contribution in [3.05, 3.63) is 48.8 Å². The van der Waals surface area contributed by atoms with Crippen LogP contribution in [-0.4, -0.2) is 65.2 Å². The number of hydrogen-bond donors (Lipinski definition) is 0. The molecule has 0 bridgehead atoms. The van der Waals surface area contributed by atoms with Crippen molar-refractivity contribution in [1.29, 1.82) is 0 Å². The number of benzene rings is 1. The minimum absolute atomic E-state index is 0.0463. The second-order valence-electron chi connectivity index (χ2n) is 6.70. The highest BCUT2D eigenvalue weighted by molar-refractivity contribution is 5.86. The van der Waals surface area contributed by atoms with Crippen molar-refractivity contribution in [2.45, 2.75) is 18.4 Å². The number of ether oxygens (including phenoxy) is 1. The van der Waals surface area contributed by atoms with E-state index >= 15 is 0 Å². The molecule has 1 unspecified atom stereocenters. The molecule has 1 atom stereocenters. The van der Waals surface area contributed by atoms with Gasteiger partial charge in [-0.2, -0.15) is 5.10 Å². The summed E-state index contributed by atoms with van der Waals surface area (Å²) in [7, 11) is 3.46. The molecule has 2 heterocycles. The fourth-order valence-corrected chi connectivity index (χ4v) is 3.40. The number of amides is 2. The van der Waals surface area contributed by atoms with E-state index in [1.54, 1.807) is 47.0 Å². The first kappa shape index (κ1) is 18.0. The molecule has 1 saturated heterocycles. The van der Waals surface area contributed by atoms with Crippen molar-refractivity contribution in [1.82, 2.24) is 19.6 Å². The molecule has 3 rings (SSSR count). The third-order valence-electron chi connectivity index (χ3n) is 4.68. The van der Waals surface area contributed by atoms with E-state index in [9.17, 15) is 9.59 Å². The second-order valence-corrected chi connectivity index (χ2v) is 6.70. The maximum Gasteiger partial charge on any atom is 0.260 e. The van der Waals surface area contributed by atoms with Crippen molar-refractivity contribution in [2.75, 3.05) is 33.8 Å². The molecule has 26 heavy (non-hydrogen) atoms. The van der Waals surface area contributed by atoms with E-state index in [4.69, 9.17) is 4.74 Å². The lowest BCUT2D eigenvalue weighted by Gasteiger charge is -2.42. The lowest BCUT2D eigenvalue weighted by Crippen LogP contribution is -2.59. The van der Waals surface area contributed by atoms with E-state index in [2.05, 4.69) is 5.10 Å². The number of nitrogens with zero attached hydrogens (tertiary/aromatic N) is 4. The number of piperidine rings is 1. The number of para-hydroxylation sites is 1. The zero-order valence-corrected chi connectivity index (χ0v) is 15.2. The lowest BCUT2D eigenvalue weighted by atomic mass is 9.87. The van der Waals surface area contributed by atoms with E-state index in [1.807, 2.05) is 30.3 Å².